The minimum atomic E-state index is -5.14. The van der Waals surface area contributed by atoms with Crippen LogP contribution in [0, 0.1) is 11.6 Å². The molecule has 52 heavy (non-hydrogen) atoms. The van der Waals surface area contributed by atoms with E-state index in [9.17, 15) is 33.8 Å². The Morgan fingerprint density at radius 1 is 0.769 bits per heavy atom. The third kappa shape index (κ3) is 7.83. The molecule has 2 aromatic carbocycles. The molecule has 0 spiro atoms. The number of carbonyl (C=O) groups excluding carboxylic acids is 2. The maximum Gasteiger partial charge on any atom is 0.358 e. The van der Waals surface area contributed by atoms with Crippen LogP contribution in [0.3, 0.4) is 0 Å². The first-order valence-electron chi connectivity index (χ1n) is 14.7. The monoisotopic (exact) mass is 732 g/mol. The Kier molecular flexibility index (Phi) is 9.86. The van der Waals surface area contributed by atoms with E-state index in [4.69, 9.17) is 4.74 Å². The standard InChI is InChI=1S/C31H23F2N10O8P/c32-19-12-18(31(46)47)23(36-29(44)21-1-3-27(40-38-21)42-8-6-34-15-42)11-17(19)5-10-51-25-14-24(26(13-20(25)33)52(48,49)50)37-30(45)22-2-4-28(41-39-22)43-9-7-35-16-43/h1-4,6-9,11-16H,5,10H2,(H,36,44)(H,37,45)(H,46,47)(H2,48,49,50). The molecular weight excluding hydrogens is 709 g/mol. The molecule has 0 radical (unpaired) electrons. The van der Waals surface area contributed by atoms with Crippen LogP contribution in [0.5, 0.6) is 5.75 Å². The van der Waals surface area contributed by atoms with Gasteiger partial charge in [0.15, 0.2) is 34.6 Å². The maximum atomic E-state index is 15.0. The molecule has 4 aromatic heterocycles. The zero-order valence-electron chi connectivity index (χ0n) is 26.2. The average Bonchev–Trinajstić information content (AvgIpc) is 3.86. The van der Waals surface area contributed by atoms with Gasteiger partial charge in [0.25, 0.3) is 11.8 Å². The van der Waals surface area contributed by atoms with Gasteiger partial charge in [0.1, 0.15) is 18.5 Å². The minimum Gasteiger partial charge on any atom is -0.490 e. The van der Waals surface area contributed by atoms with E-state index in [1.165, 1.54) is 53.9 Å². The highest BCUT2D eigenvalue weighted by atomic mass is 31.2. The van der Waals surface area contributed by atoms with Crippen LogP contribution in [0.25, 0.3) is 11.6 Å². The van der Waals surface area contributed by atoms with Gasteiger partial charge in [-0.25, -0.2) is 23.5 Å². The fourth-order valence-electron chi connectivity index (χ4n) is 4.69. The van der Waals surface area contributed by atoms with Crippen LogP contribution >= 0.6 is 7.60 Å². The van der Waals surface area contributed by atoms with Gasteiger partial charge < -0.3 is 30.3 Å². The number of amides is 2. The van der Waals surface area contributed by atoms with Crippen LogP contribution in [0.15, 0.2) is 86.0 Å². The molecule has 2 amide bonds. The lowest BCUT2D eigenvalue weighted by Gasteiger charge is -2.16. The summed E-state index contributed by atoms with van der Waals surface area (Å²) in [5, 5.41) is 28.9. The van der Waals surface area contributed by atoms with Gasteiger partial charge in [0.05, 0.1) is 28.8 Å². The number of ether oxygens (including phenoxy) is 1. The van der Waals surface area contributed by atoms with Crippen LogP contribution < -0.4 is 20.7 Å². The molecule has 6 aromatic rings. The number of hydrogen-bond donors (Lipinski definition) is 5. The number of anilines is 2. The van der Waals surface area contributed by atoms with E-state index in [1.807, 2.05) is 0 Å². The van der Waals surface area contributed by atoms with Crippen LogP contribution in [0.1, 0.15) is 36.9 Å². The van der Waals surface area contributed by atoms with Gasteiger partial charge in [-0.15, -0.1) is 20.4 Å². The van der Waals surface area contributed by atoms with E-state index in [2.05, 4.69) is 41.0 Å². The number of benzene rings is 2. The van der Waals surface area contributed by atoms with Crippen molar-refractivity contribution in [1.29, 1.82) is 0 Å². The number of carboxylic acid groups (broad SMARTS) is 1. The van der Waals surface area contributed by atoms with Crippen molar-refractivity contribution < 1.29 is 47.4 Å². The summed E-state index contributed by atoms with van der Waals surface area (Å²) < 4.78 is 50.7. The summed E-state index contributed by atoms with van der Waals surface area (Å²) in [4.78, 5) is 65.1. The van der Waals surface area contributed by atoms with Crippen molar-refractivity contribution in [3.05, 3.63) is 120 Å². The summed E-state index contributed by atoms with van der Waals surface area (Å²) in [6.07, 6.45) is 8.84. The fourth-order valence-corrected chi connectivity index (χ4v) is 5.40. The largest absolute Gasteiger partial charge is 0.490 e. The van der Waals surface area contributed by atoms with Gasteiger partial charge >= 0.3 is 13.6 Å². The highest BCUT2D eigenvalue weighted by molar-refractivity contribution is 7.60. The highest BCUT2D eigenvalue weighted by Crippen LogP contribution is 2.39. The second kappa shape index (κ2) is 14.6. The second-order valence-electron chi connectivity index (χ2n) is 10.6. The summed E-state index contributed by atoms with van der Waals surface area (Å²) in [6.45, 7) is -0.446. The molecule has 5 N–H and O–H groups in total. The summed E-state index contributed by atoms with van der Waals surface area (Å²) in [5.41, 5.74) is -1.91. The lowest BCUT2D eigenvalue weighted by atomic mass is 10.1. The number of rotatable bonds is 12. The smallest absolute Gasteiger partial charge is 0.358 e. The Morgan fingerprint density at radius 3 is 1.83 bits per heavy atom. The van der Waals surface area contributed by atoms with Crippen LogP contribution in [-0.4, -0.2) is 78.8 Å². The molecule has 0 bridgehead atoms. The lowest BCUT2D eigenvalue weighted by molar-refractivity contribution is 0.0697. The van der Waals surface area contributed by atoms with Gasteiger partial charge in [-0.05, 0) is 48.0 Å². The first-order valence-corrected chi connectivity index (χ1v) is 16.3. The van der Waals surface area contributed by atoms with Crippen molar-refractivity contribution in [3.63, 3.8) is 0 Å². The number of carboxylic acids is 1. The normalized spacial score (nSPS) is 11.2. The zero-order valence-corrected chi connectivity index (χ0v) is 27.1. The zero-order chi connectivity index (χ0) is 37.0. The quantitative estimate of drug-likeness (QED) is 0.114. The third-order valence-electron chi connectivity index (χ3n) is 7.21. The summed E-state index contributed by atoms with van der Waals surface area (Å²) in [5.74, 6) is -5.39. The molecular formula is C31H23F2N10O8P. The Labute approximate surface area is 290 Å². The number of nitrogens with zero attached hydrogens (tertiary/aromatic N) is 8. The van der Waals surface area contributed by atoms with Crippen molar-refractivity contribution in [3.8, 4) is 17.4 Å². The average molecular weight is 733 g/mol. The Morgan fingerprint density at radius 2 is 1.35 bits per heavy atom. The molecule has 0 aliphatic carbocycles. The molecule has 21 heteroatoms. The van der Waals surface area contributed by atoms with Gasteiger partial charge in [-0.3, -0.25) is 23.3 Å². The van der Waals surface area contributed by atoms with Gasteiger partial charge in [0, 0.05) is 37.3 Å². The Balaban J connectivity index is 1.17. The first-order chi connectivity index (χ1) is 24.9. The summed E-state index contributed by atoms with van der Waals surface area (Å²) >= 11 is 0. The van der Waals surface area contributed by atoms with Crippen molar-refractivity contribution in [1.82, 2.24) is 39.5 Å². The van der Waals surface area contributed by atoms with Gasteiger partial charge in [0.2, 0.25) is 0 Å². The predicted molar refractivity (Wildman–Crippen MR) is 175 cm³/mol. The Hall–Kier alpha value is -6.76. The number of aromatic nitrogens is 8. The third-order valence-corrected chi connectivity index (χ3v) is 8.21. The molecule has 0 aliphatic heterocycles. The molecule has 264 valence electrons. The fraction of sp³-hybridized carbons (Fsp3) is 0.0645. The number of halogens is 2. The molecule has 0 aliphatic rings. The van der Waals surface area contributed by atoms with Crippen molar-refractivity contribution in [2.75, 3.05) is 17.2 Å². The molecule has 0 saturated heterocycles. The summed E-state index contributed by atoms with van der Waals surface area (Å²) in [6, 6.07) is 8.63. The van der Waals surface area contributed by atoms with E-state index in [1.54, 1.807) is 17.0 Å². The van der Waals surface area contributed by atoms with E-state index >= 15 is 8.78 Å². The van der Waals surface area contributed by atoms with Gasteiger partial charge in [-0.2, -0.15) is 0 Å². The SMILES string of the molecule is O=C(Nc1cc(CCOc2cc(NC(=O)c3ccc(-n4ccnc4)nn3)c(P(=O)(O)O)cc2F)c(F)cc1C(=O)O)c1ccc(-n2ccnc2)nn1. The number of nitrogens with one attached hydrogen (secondary N) is 2. The van der Waals surface area contributed by atoms with Crippen LogP contribution in [0.2, 0.25) is 0 Å². The van der Waals surface area contributed by atoms with E-state index in [-0.39, 0.29) is 29.1 Å². The van der Waals surface area contributed by atoms with Gasteiger partial charge in [-0.1, -0.05) is 0 Å². The molecule has 18 nitrogen and oxygen atoms in total. The van der Waals surface area contributed by atoms with E-state index < -0.39 is 65.9 Å². The van der Waals surface area contributed by atoms with Crippen molar-refractivity contribution in [2.24, 2.45) is 0 Å². The van der Waals surface area contributed by atoms with Crippen LogP contribution in [-0.2, 0) is 11.0 Å². The summed E-state index contributed by atoms with van der Waals surface area (Å²) in [7, 11) is -5.14. The number of carbonyl (C=O) groups is 3. The molecule has 0 atom stereocenters. The predicted octanol–water partition coefficient (Wildman–Crippen LogP) is 2.54. The molecule has 0 fully saturated rings. The molecule has 0 unspecified atom stereocenters. The van der Waals surface area contributed by atoms with Crippen LogP contribution in [0.4, 0.5) is 20.2 Å². The van der Waals surface area contributed by atoms with E-state index in [0.29, 0.717) is 23.8 Å². The number of hydrogen-bond acceptors (Lipinski definition) is 11. The second-order valence-corrected chi connectivity index (χ2v) is 12.2. The maximum absolute atomic E-state index is 15.0. The first kappa shape index (κ1) is 35.1. The molecule has 6 rings (SSSR count). The topological polar surface area (TPSA) is 249 Å². The lowest BCUT2D eigenvalue weighted by Crippen LogP contribution is -2.21. The minimum absolute atomic E-state index is 0.139. The van der Waals surface area contributed by atoms with E-state index in [0.717, 1.165) is 12.1 Å². The molecule has 0 saturated carbocycles. The number of aromatic carboxylic acids is 1. The van der Waals surface area contributed by atoms with Crippen molar-refractivity contribution >= 4 is 42.1 Å². The number of imidazole rings is 2. The van der Waals surface area contributed by atoms with Crippen molar-refractivity contribution in [2.45, 2.75) is 6.42 Å². The highest BCUT2D eigenvalue weighted by Gasteiger charge is 2.27. The Bertz CT molecular complexity index is 2320. The molecule has 4 heterocycles.